The van der Waals surface area contributed by atoms with Crippen molar-refractivity contribution in [3.05, 3.63) is 0 Å². The minimum atomic E-state index is -0.105. The fourth-order valence-corrected chi connectivity index (χ4v) is 3.50. The molecule has 0 aromatic rings. The van der Waals surface area contributed by atoms with Gasteiger partial charge in [0.15, 0.2) is 0 Å². The Hall–Kier alpha value is -0.0800. The topological polar surface area (TPSA) is 23.5 Å². The average Bonchev–Trinajstić information content (AvgIpc) is 2.45. The van der Waals surface area contributed by atoms with Gasteiger partial charge in [-0.05, 0) is 32.4 Å². The van der Waals surface area contributed by atoms with Gasteiger partial charge >= 0.3 is 0 Å². The lowest BCUT2D eigenvalue weighted by atomic mass is 9.94. The van der Waals surface area contributed by atoms with E-state index >= 15 is 0 Å². The molecule has 1 fully saturated rings. The molecule has 1 rings (SSSR count). The normalized spacial score (nSPS) is 27.0. The lowest BCUT2D eigenvalue weighted by Gasteiger charge is -2.34. The van der Waals surface area contributed by atoms with E-state index in [1.54, 1.807) is 0 Å². The van der Waals surface area contributed by atoms with Gasteiger partial charge in [0.05, 0.1) is 6.10 Å². The first-order valence-electron chi connectivity index (χ1n) is 9.21. The predicted molar refractivity (Wildman–Crippen MR) is 88.1 cm³/mol. The van der Waals surface area contributed by atoms with E-state index in [-0.39, 0.29) is 6.10 Å². The first-order valence-corrected chi connectivity index (χ1v) is 9.21. The molecule has 1 aliphatic rings. The van der Waals surface area contributed by atoms with E-state index in [0.717, 1.165) is 19.5 Å². The van der Waals surface area contributed by atoms with Crippen LogP contribution >= 0.6 is 0 Å². The number of unbranched alkanes of at least 4 members (excludes halogenated alkanes) is 1. The van der Waals surface area contributed by atoms with Crippen molar-refractivity contribution in [2.24, 2.45) is 0 Å². The standard InChI is InChI=1S/C18H37NO/c1-3-5-16-19(4-2)17-14-12-10-8-6-7-9-11-13-15-18(17)20/h17-18,20H,3-16H2,1-2H3. The summed E-state index contributed by atoms with van der Waals surface area (Å²) in [5.41, 5.74) is 0. The third-order valence-corrected chi connectivity index (χ3v) is 4.87. The molecular formula is C18H37NO. The maximum absolute atomic E-state index is 10.6. The summed E-state index contributed by atoms with van der Waals surface area (Å²) in [5, 5.41) is 10.6. The Morgan fingerprint density at radius 3 is 1.95 bits per heavy atom. The SMILES string of the molecule is CCCCN(CC)C1CCCCCCCCCCC1O. The third-order valence-electron chi connectivity index (χ3n) is 4.87. The summed E-state index contributed by atoms with van der Waals surface area (Å²) in [6, 6.07) is 0.408. The zero-order chi connectivity index (χ0) is 14.6. The van der Waals surface area contributed by atoms with Crippen molar-refractivity contribution in [2.75, 3.05) is 13.1 Å². The average molecular weight is 283 g/mol. The summed E-state index contributed by atoms with van der Waals surface area (Å²) in [5.74, 6) is 0. The van der Waals surface area contributed by atoms with E-state index < -0.39 is 0 Å². The smallest absolute Gasteiger partial charge is 0.0695 e. The van der Waals surface area contributed by atoms with Crippen LogP contribution in [0.3, 0.4) is 0 Å². The van der Waals surface area contributed by atoms with Crippen molar-refractivity contribution < 1.29 is 5.11 Å². The number of likely N-dealkylation sites (N-methyl/N-ethyl adjacent to an activating group) is 1. The molecule has 0 aromatic carbocycles. The van der Waals surface area contributed by atoms with Crippen LogP contribution in [0.2, 0.25) is 0 Å². The monoisotopic (exact) mass is 283 g/mol. The number of rotatable bonds is 5. The summed E-state index contributed by atoms with van der Waals surface area (Å²) in [4.78, 5) is 2.54. The molecule has 2 heteroatoms. The van der Waals surface area contributed by atoms with Gasteiger partial charge in [-0.15, -0.1) is 0 Å². The minimum absolute atomic E-state index is 0.105. The summed E-state index contributed by atoms with van der Waals surface area (Å²) < 4.78 is 0. The van der Waals surface area contributed by atoms with Crippen LogP contribution in [0.25, 0.3) is 0 Å². The fourth-order valence-electron chi connectivity index (χ4n) is 3.50. The maximum Gasteiger partial charge on any atom is 0.0695 e. The van der Waals surface area contributed by atoms with Gasteiger partial charge in [-0.25, -0.2) is 0 Å². The van der Waals surface area contributed by atoms with E-state index in [4.69, 9.17) is 0 Å². The van der Waals surface area contributed by atoms with Gasteiger partial charge in [-0.3, -0.25) is 4.90 Å². The van der Waals surface area contributed by atoms with Crippen LogP contribution in [0, 0.1) is 0 Å². The summed E-state index contributed by atoms with van der Waals surface area (Å²) >= 11 is 0. The summed E-state index contributed by atoms with van der Waals surface area (Å²) in [7, 11) is 0. The lowest BCUT2D eigenvalue weighted by Crippen LogP contribution is -2.44. The molecule has 0 aromatic heterocycles. The van der Waals surface area contributed by atoms with Crippen molar-refractivity contribution >= 4 is 0 Å². The zero-order valence-electron chi connectivity index (χ0n) is 13.9. The van der Waals surface area contributed by atoms with Crippen molar-refractivity contribution in [3.63, 3.8) is 0 Å². The number of nitrogens with zero attached hydrogens (tertiary/aromatic N) is 1. The highest BCUT2D eigenvalue weighted by molar-refractivity contribution is 4.79. The lowest BCUT2D eigenvalue weighted by molar-refractivity contribution is 0.0369. The van der Waals surface area contributed by atoms with Crippen molar-refractivity contribution in [1.82, 2.24) is 4.90 Å². The van der Waals surface area contributed by atoms with Crippen LogP contribution in [-0.2, 0) is 0 Å². The molecule has 0 saturated heterocycles. The molecular weight excluding hydrogens is 246 g/mol. The quantitative estimate of drug-likeness (QED) is 0.787. The molecule has 0 amide bonds. The van der Waals surface area contributed by atoms with Gasteiger partial charge in [0.1, 0.15) is 0 Å². The third kappa shape index (κ3) is 7.08. The summed E-state index contributed by atoms with van der Waals surface area (Å²) in [6.07, 6.45) is 15.4. The molecule has 2 unspecified atom stereocenters. The molecule has 1 aliphatic carbocycles. The number of aliphatic hydroxyl groups excluding tert-OH is 1. The molecule has 0 spiro atoms. The van der Waals surface area contributed by atoms with Crippen LogP contribution in [0.1, 0.15) is 90.9 Å². The molecule has 1 saturated carbocycles. The van der Waals surface area contributed by atoms with Gasteiger partial charge in [0.25, 0.3) is 0 Å². The van der Waals surface area contributed by atoms with E-state index in [1.165, 1.54) is 70.6 Å². The Morgan fingerprint density at radius 2 is 1.40 bits per heavy atom. The molecule has 120 valence electrons. The molecule has 0 heterocycles. The number of aliphatic hydroxyl groups is 1. The second-order valence-electron chi connectivity index (χ2n) is 6.52. The van der Waals surface area contributed by atoms with Gasteiger partial charge < -0.3 is 5.11 Å². The van der Waals surface area contributed by atoms with Crippen LogP contribution in [0.15, 0.2) is 0 Å². The first kappa shape index (κ1) is 18.0. The second kappa shape index (κ2) is 11.6. The molecule has 0 bridgehead atoms. The Kier molecular flexibility index (Phi) is 10.4. The van der Waals surface area contributed by atoms with Crippen molar-refractivity contribution in [2.45, 2.75) is 103 Å². The highest BCUT2D eigenvalue weighted by atomic mass is 16.3. The van der Waals surface area contributed by atoms with E-state index in [0.29, 0.717) is 6.04 Å². The molecule has 2 atom stereocenters. The van der Waals surface area contributed by atoms with Crippen LogP contribution in [0.5, 0.6) is 0 Å². The largest absolute Gasteiger partial charge is 0.391 e. The van der Waals surface area contributed by atoms with E-state index in [9.17, 15) is 5.11 Å². The highest BCUT2D eigenvalue weighted by Gasteiger charge is 2.24. The summed E-state index contributed by atoms with van der Waals surface area (Å²) in [6.45, 7) is 6.75. The maximum atomic E-state index is 10.6. The molecule has 0 radical (unpaired) electrons. The second-order valence-corrected chi connectivity index (χ2v) is 6.52. The van der Waals surface area contributed by atoms with Gasteiger partial charge in [-0.2, -0.15) is 0 Å². The van der Waals surface area contributed by atoms with Gasteiger partial charge in [0.2, 0.25) is 0 Å². The molecule has 0 aliphatic heterocycles. The number of hydrogen-bond acceptors (Lipinski definition) is 2. The Balaban J connectivity index is 2.54. The Bertz CT molecular complexity index is 219. The van der Waals surface area contributed by atoms with E-state index in [1.807, 2.05) is 0 Å². The fraction of sp³-hybridized carbons (Fsp3) is 1.00. The van der Waals surface area contributed by atoms with Crippen molar-refractivity contribution in [1.29, 1.82) is 0 Å². The van der Waals surface area contributed by atoms with Crippen LogP contribution in [-0.4, -0.2) is 35.2 Å². The molecule has 2 nitrogen and oxygen atoms in total. The van der Waals surface area contributed by atoms with Gasteiger partial charge in [0, 0.05) is 6.04 Å². The van der Waals surface area contributed by atoms with E-state index in [2.05, 4.69) is 18.7 Å². The predicted octanol–water partition coefficient (Wildman–Crippen LogP) is 4.75. The Morgan fingerprint density at radius 1 is 0.850 bits per heavy atom. The molecule has 20 heavy (non-hydrogen) atoms. The Labute approximate surface area is 126 Å². The highest BCUT2D eigenvalue weighted by Crippen LogP contribution is 2.21. The van der Waals surface area contributed by atoms with Crippen LogP contribution < -0.4 is 0 Å². The number of hydrogen-bond donors (Lipinski definition) is 1. The minimum Gasteiger partial charge on any atom is -0.391 e. The van der Waals surface area contributed by atoms with Crippen LogP contribution in [0.4, 0.5) is 0 Å². The zero-order valence-corrected chi connectivity index (χ0v) is 13.9. The van der Waals surface area contributed by atoms with Crippen molar-refractivity contribution in [3.8, 4) is 0 Å². The van der Waals surface area contributed by atoms with Gasteiger partial charge in [-0.1, -0.05) is 71.6 Å². The molecule has 1 N–H and O–H groups in total. The first-order chi connectivity index (χ1) is 9.79.